The summed E-state index contributed by atoms with van der Waals surface area (Å²) in [7, 11) is 0. The molecule has 0 radical (unpaired) electrons. The van der Waals surface area contributed by atoms with Gasteiger partial charge < -0.3 is 5.73 Å². The van der Waals surface area contributed by atoms with Gasteiger partial charge in [0.05, 0.1) is 5.56 Å². The molecule has 0 spiro atoms. The molecular formula is C13H18F3N. The summed E-state index contributed by atoms with van der Waals surface area (Å²) >= 11 is 0. The Hall–Kier alpha value is -1.03. The Labute approximate surface area is 99.8 Å². The Bertz CT molecular complexity index is 341. The van der Waals surface area contributed by atoms with E-state index >= 15 is 0 Å². The molecule has 2 N–H and O–H groups in total. The summed E-state index contributed by atoms with van der Waals surface area (Å²) in [5, 5.41) is 0. The van der Waals surface area contributed by atoms with Crippen molar-refractivity contribution in [2.75, 3.05) is 0 Å². The fourth-order valence-corrected chi connectivity index (χ4v) is 1.53. The molecule has 1 unspecified atom stereocenters. The monoisotopic (exact) mass is 245 g/mol. The van der Waals surface area contributed by atoms with Gasteiger partial charge in [-0.25, -0.2) is 0 Å². The number of hydrogen-bond acceptors (Lipinski definition) is 1. The quantitative estimate of drug-likeness (QED) is 0.861. The van der Waals surface area contributed by atoms with Crippen LogP contribution in [0.3, 0.4) is 0 Å². The van der Waals surface area contributed by atoms with Crippen LogP contribution in [0.5, 0.6) is 0 Å². The molecule has 1 aromatic rings. The zero-order chi connectivity index (χ0) is 13.1. The molecule has 0 saturated carbocycles. The third-order valence-corrected chi connectivity index (χ3v) is 2.90. The van der Waals surface area contributed by atoms with Crippen molar-refractivity contribution in [3.63, 3.8) is 0 Å². The Morgan fingerprint density at radius 1 is 1.12 bits per heavy atom. The molecule has 0 amide bonds. The van der Waals surface area contributed by atoms with Gasteiger partial charge in [0.15, 0.2) is 0 Å². The molecule has 96 valence electrons. The summed E-state index contributed by atoms with van der Waals surface area (Å²) in [5.41, 5.74) is 6.18. The number of aryl methyl sites for hydroxylation is 1. The first-order chi connectivity index (χ1) is 7.80. The van der Waals surface area contributed by atoms with E-state index < -0.39 is 11.7 Å². The van der Waals surface area contributed by atoms with Crippen LogP contribution in [0.1, 0.15) is 31.4 Å². The number of hydrogen-bond donors (Lipinski definition) is 1. The van der Waals surface area contributed by atoms with E-state index in [0.717, 1.165) is 30.5 Å². The Morgan fingerprint density at radius 3 is 2.06 bits per heavy atom. The average Bonchev–Trinajstić information content (AvgIpc) is 2.25. The van der Waals surface area contributed by atoms with Crippen LogP contribution < -0.4 is 5.73 Å². The summed E-state index contributed by atoms with van der Waals surface area (Å²) < 4.78 is 37.0. The minimum Gasteiger partial charge on any atom is -0.327 e. The first-order valence-corrected chi connectivity index (χ1v) is 5.72. The summed E-state index contributed by atoms with van der Waals surface area (Å²) in [4.78, 5) is 0. The zero-order valence-corrected chi connectivity index (χ0v) is 10.1. The minimum absolute atomic E-state index is 0.0947. The van der Waals surface area contributed by atoms with Gasteiger partial charge in [-0.15, -0.1) is 0 Å². The highest BCUT2D eigenvalue weighted by Crippen LogP contribution is 2.29. The Kier molecular flexibility index (Phi) is 4.57. The third kappa shape index (κ3) is 4.38. The van der Waals surface area contributed by atoms with Crippen molar-refractivity contribution in [1.29, 1.82) is 0 Å². The van der Waals surface area contributed by atoms with Gasteiger partial charge in [-0.1, -0.05) is 26.0 Å². The zero-order valence-electron chi connectivity index (χ0n) is 10.1. The molecule has 1 nitrogen and oxygen atoms in total. The van der Waals surface area contributed by atoms with Gasteiger partial charge in [-0.3, -0.25) is 0 Å². The molecule has 0 fully saturated rings. The van der Waals surface area contributed by atoms with E-state index in [0.29, 0.717) is 5.92 Å². The van der Waals surface area contributed by atoms with Crippen molar-refractivity contribution in [2.45, 2.75) is 38.9 Å². The first kappa shape index (κ1) is 14.0. The van der Waals surface area contributed by atoms with Crippen LogP contribution in [0.2, 0.25) is 0 Å². The van der Waals surface area contributed by atoms with Gasteiger partial charge in [0.25, 0.3) is 0 Å². The molecule has 0 heterocycles. The summed E-state index contributed by atoms with van der Waals surface area (Å²) in [6, 6.07) is 5.38. The fraction of sp³-hybridized carbons (Fsp3) is 0.538. The molecule has 0 bridgehead atoms. The number of benzene rings is 1. The predicted molar refractivity (Wildman–Crippen MR) is 62.6 cm³/mol. The van der Waals surface area contributed by atoms with Gasteiger partial charge in [-0.2, -0.15) is 13.2 Å². The molecule has 0 aliphatic rings. The van der Waals surface area contributed by atoms with Crippen LogP contribution in [0.25, 0.3) is 0 Å². The molecule has 1 aromatic carbocycles. The van der Waals surface area contributed by atoms with E-state index in [1.807, 2.05) is 13.8 Å². The van der Waals surface area contributed by atoms with Crippen molar-refractivity contribution < 1.29 is 13.2 Å². The Balaban J connectivity index is 2.57. The highest BCUT2D eigenvalue weighted by atomic mass is 19.4. The second kappa shape index (κ2) is 5.54. The van der Waals surface area contributed by atoms with E-state index in [1.165, 1.54) is 12.1 Å². The van der Waals surface area contributed by atoms with Gasteiger partial charge in [0.1, 0.15) is 0 Å². The topological polar surface area (TPSA) is 26.0 Å². The lowest BCUT2D eigenvalue weighted by atomic mass is 9.97. The normalized spacial score (nSPS) is 14.1. The number of nitrogens with two attached hydrogens (primary N) is 1. The van der Waals surface area contributed by atoms with Crippen LogP contribution in [-0.4, -0.2) is 6.04 Å². The summed E-state index contributed by atoms with van der Waals surface area (Å²) in [6.07, 6.45) is -2.74. The first-order valence-electron chi connectivity index (χ1n) is 5.72. The van der Waals surface area contributed by atoms with E-state index in [4.69, 9.17) is 5.73 Å². The highest BCUT2D eigenvalue weighted by molar-refractivity contribution is 5.24. The van der Waals surface area contributed by atoms with Crippen molar-refractivity contribution >= 4 is 0 Å². The molecule has 0 aliphatic heterocycles. The van der Waals surface area contributed by atoms with Gasteiger partial charge in [0, 0.05) is 6.04 Å². The molecule has 1 atom stereocenters. The maximum atomic E-state index is 12.3. The van der Waals surface area contributed by atoms with Crippen LogP contribution in [-0.2, 0) is 12.6 Å². The molecule has 0 saturated heterocycles. The third-order valence-electron chi connectivity index (χ3n) is 2.90. The molecule has 0 aliphatic carbocycles. The smallest absolute Gasteiger partial charge is 0.327 e. The fourth-order valence-electron chi connectivity index (χ4n) is 1.53. The molecule has 4 heteroatoms. The van der Waals surface area contributed by atoms with Crippen molar-refractivity contribution in [1.82, 2.24) is 0 Å². The molecule has 1 rings (SSSR count). The Morgan fingerprint density at radius 2 is 1.65 bits per heavy atom. The standard InChI is InChI=1S/C13H18F3N/c1-9(2)12(17)8-5-10-3-6-11(7-4-10)13(14,15)16/h3-4,6-7,9,12H,5,8,17H2,1-2H3. The lowest BCUT2D eigenvalue weighted by molar-refractivity contribution is -0.137. The summed E-state index contributed by atoms with van der Waals surface area (Å²) in [6.45, 7) is 4.08. The number of alkyl halides is 3. The molecular weight excluding hydrogens is 227 g/mol. The number of halogens is 3. The average molecular weight is 245 g/mol. The second-order valence-corrected chi connectivity index (χ2v) is 4.64. The maximum absolute atomic E-state index is 12.3. The predicted octanol–water partition coefficient (Wildman–Crippen LogP) is 3.62. The van der Waals surface area contributed by atoms with Gasteiger partial charge in [-0.05, 0) is 36.5 Å². The lowest BCUT2D eigenvalue weighted by Gasteiger charge is -2.15. The van der Waals surface area contributed by atoms with Crippen molar-refractivity contribution in [3.05, 3.63) is 35.4 Å². The van der Waals surface area contributed by atoms with E-state index in [9.17, 15) is 13.2 Å². The van der Waals surface area contributed by atoms with Gasteiger partial charge in [0.2, 0.25) is 0 Å². The minimum atomic E-state index is -4.26. The number of rotatable bonds is 4. The van der Waals surface area contributed by atoms with E-state index in [1.54, 1.807) is 0 Å². The van der Waals surface area contributed by atoms with Crippen molar-refractivity contribution in [2.24, 2.45) is 11.7 Å². The van der Waals surface area contributed by atoms with Crippen LogP contribution in [0.15, 0.2) is 24.3 Å². The molecule has 17 heavy (non-hydrogen) atoms. The largest absolute Gasteiger partial charge is 0.416 e. The van der Waals surface area contributed by atoms with Crippen LogP contribution >= 0.6 is 0 Å². The summed E-state index contributed by atoms with van der Waals surface area (Å²) in [5.74, 6) is 0.393. The van der Waals surface area contributed by atoms with Crippen LogP contribution in [0, 0.1) is 5.92 Å². The van der Waals surface area contributed by atoms with Crippen molar-refractivity contribution in [3.8, 4) is 0 Å². The van der Waals surface area contributed by atoms with Gasteiger partial charge >= 0.3 is 6.18 Å². The second-order valence-electron chi connectivity index (χ2n) is 4.64. The van der Waals surface area contributed by atoms with E-state index in [2.05, 4.69) is 0 Å². The maximum Gasteiger partial charge on any atom is 0.416 e. The van der Waals surface area contributed by atoms with Crippen LogP contribution in [0.4, 0.5) is 13.2 Å². The SMILES string of the molecule is CC(C)C(N)CCc1ccc(C(F)(F)F)cc1. The van der Waals surface area contributed by atoms with E-state index in [-0.39, 0.29) is 6.04 Å². The molecule has 0 aromatic heterocycles. The highest BCUT2D eigenvalue weighted by Gasteiger charge is 2.29. The lowest BCUT2D eigenvalue weighted by Crippen LogP contribution is -2.26.